The van der Waals surface area contributed by atoms with E-state index >= 15 is 0 Å². The number of aromatic nitrogens is 1. The Morgan fingerprint density at radius 2 is 1.85 bits per heavy atom. The first-order chi connectivity index (χ1) is 9.38. The maximum atomic E-state index is 12.4. The molecule has 0 saturated carbocycles. The van der Waals surface area contributed by atoms with Crippen LogP contribution in [0.3, 0.4) is 0 Å². The van der Waals surface area contributed by atoms with Crippen molar-refractivity contribution in [2.24, 2.45) is 5.92 Å². The van der Waals surface area contributed by atoms with Crippen molar-refractivity contribution in [1.29, 1.82) is 0 Å². The molecule has 0 aliphatic rings. The van der Waals surface area contributed by atoms with Gasteiger partial charge in [-0.3, -0.25) is 9.78 Å². The lowest BCUT2D eigenvalue weighted by molar-refractivity contribution is 0.0929. The van der Waals surface area contributed by atoms with Gasteiger partial charge in [-0.25, -0.2) is 0 Å². The Bertz CT molecular complexity index is 647. The Hall–Kier alpha value is -1.90. The van der Waals surface area contributed by atoms with E-state index in [2.05, 4.69) is 30.2 Å². The highest BCUT2D eigenvalue weighted by Gasteiger charge is 2.15. The second-order valence-corrected chi connectivity index (χ2v) is 5.82. The summed E-state index contributed by atoms with van der Waals surface area (Å²) in [5.41, 5.74) is 3.54. The van der Waals surface area contributed by atoms with Gasteiger partial charge in [-0.2, -0.15) is 0 Å². The first kappa shape index (κ1) is 14.5. The van der Waals surface area contributed by atoms with Crippen LogP contribution < -0.4 is 5.32 Å². The Labute approximate surface area is 120 Å². The maximum Gasteiger partial charge on any atom is 0.253 e. The summed E-state index contributed by atoms with van der Waals surface area (Å²) in [4.78, 5) is 16.9. The molecular formula is C17H22N2O. The molecule has 0 fully saturated rings. The van der Waals surface area contributed by atoms with Gasteiger partial charge in [-0.05, 0) is 44.9 Å². The first-order valence-electron chi connectivity index (χ1n) is 7.07. The highest BCUT2D eigenvalue weighted by molar-refractivity contribution is 5.98. The predicted octanol–water partition coefficient (Wildman–Crippen LogP) is 3.63. The van der Waals surface area contributed by atoms with Gasteiger partial charge in [0, 0.05) is 11.4 Å². The van der Waals surface area contributed by atoms with Crippen LogP contribution in [0.25, 0.3) is 10.9 Å². The number of pyridine rings is 1. The van der Waals surface area contributed by atoms with Gasteiger partial charge >= 0.3 is 0 Å². The monoisotopic (exact) mass is 270 g/mol. The van der Waals surface area contributed by atoms with Crippen LogP contribution >= 0.6 is 0 Å². The average Bonchev–Trinajstić information content (AvgIpc) is 2.38. The molecule has 0 spiro atoms. The molecule has 0 saturated heterocycles. The predicted molar refractivity (Wildman–Crippen MR) is 83.0 cm³/mol. The molecule has 2 rings (SSSR count). The molecule has 1 aromatic carbocycles. The van der Waals surface area contributed by atoms with E-state index in [0.29, 0.717) is 11.5 Å². The van der Waals surface area contributed by atoms with Crippen LogP contribution in [0.2, 0.25) is 0 Å². The average molecular weight is 270 g/mol. The van der Waals surface area contributed by atoms with Gasteiger partial charge in [0.1, 0.15) is 0 Å². The van der Waals surface area contributed by atoms with E-state index in [9.17, 15) is 4.79 Å². The summed E-state index contributed by atoms with van der Waals surface area (Å²) < 4.78 is 0. The first-order valence-corrected chi connectivity index (χ1v) is 7.07. The largest absolute Gasteiger partial charge is 0.349 e. The Balaban J connectivity index is 2.38. The summed E-state index contributed by atoms with van der Waals surface area (Å²) in [5.74, 6) is 0.370. The van der Waals surface area contributed by atoms with Crippen molar-refractivity contribution >= 4 is 16.8 Å². The molecule has 1 unspecified atom stereocenters. The minimum Gasteiger partial charge on any atom is -0.349 e. The smallest absolute Gasteiger partial charge is 0.253 e. The van der Waals surface area contributed by atoms with Gasteiger partial charge < -0.3 is 5.32 Å². The number of nitrogens with one attached hydrogen (secondary N) is 1. The summed E-state index contributed by atoms with van der Waals surface area (Å²) in [6, 6.07) is 8.18. The quantitative estimate of drug-likeness (QED) is 0.925. The van der Waals surface area contributed by atoms with Gasteiger partial charge in [0.05, 0.1) is 16.8 Å². The molecule has 0 aliphatic heterocycles. The molecular weight excluding hydrogens is 248 g/mol. The van der Waals surface area contributed by atoms with Crippen LogP contribution in [0.5, 0.6) is 0 Å². The highest BCUT2D eigenvalue weighted by atomic mass is 16.1. The molecule has 0 bridgehead atoms. The molecule has 3 nitrogen and oxygen atoms in total. The molecule has 20 heavy (non-hydrogen) atoms. The molecule has 1 aromatic heterocycles. The number of rotatable bonds is 3. The van der Waals surface area contributed by atoms with Crippen molar-refractivity contribution in [2.75, 3.05) is 0 Å². The van der Waals surface area contributed by atoms with Crippen molar-refractivity contribution in [3.05, 3.63) is 41.1 Å². The third-order valence-electron chi connectivity index (χ3n) is 3.76. The van der Waals surface area contributed by atoms with Crippen molar-refractivity contribution in [2.45, 2.75) is 40.7 Å². The highest BCUT2D eigenvalue weighted by Crippen LogP contribution is 2.18. The fourth-order valence-electron chi connectivity index (χ4n) is 2.07. The van der Waals surface area contributed by atoms with Gasteiger partial charge in [0.2, 0.25) is 0 Å². The second kappa shape index (κ2) is 5.61. The molecule has 1 heterocycles. The lowest BCUT2D eigenvalue weighted by atomic mass is 10.0. The number of hydrogen-bond acceptors (Lipinski definition) is 2. The number of carbonyl (C=O) groups excluding carboxylic acids is 1. The van der Waals surface area contributed by atoms with E-state index in [-0.39, 0.29) is 11.9 Å². The van der Waals surface area contributed by atoms with Crippen LogP contribution in [0.1, 0.15) is 42.4 Å². The van der Waals surface area contributed by atoms with E-state index in [1.54, 1.807) is 0 Å². The van der Waals surface area contributed by atoms with E-state index in [1.807, 2.05) is 39.0 Å². The minimum absolute atomic E-state index is 0.0420. The third-order valence-corrected chi connectivity index (χ3v) is 3.76. The zero-order chi connectivity index (χ0) is 14.9. The molecule has 3 heteroatoms. The molecule has 0 radical (unpaired) electrons. The van der Waals surface area contributed by atoms with Crippen LogP contribution in [0.15, 0.2) is 24.3 Å². The number of aryl methyl sites for hydroxylation is 2. The minimum atomic E-state index is -0.0420. The number of fused-ring (bicyclic) bond motifs is 1. The SMILES string of the molecule is Cc1ccc2nc(C)c(C(=O)NC(C)C(C)C)cc2c1. The fraction of sp³-hybridized carbons (Fsp3) is 0.412. The van der Waals surface area contributed by atoms with Gasteiger partial charge in [-0.15, -0.1) is 0 Å². The van der Waals surface area contributed by atoms with Crippen molar-refractivity contribution < 1.29 is 4.79 Å². The third kappa shape index (κ3) is 2.98. The van der Waals surface area contributed by atoms with Crippen molar-refractivity contribution in [1.82, 2.24) is 10.3 Å². The second-order valence-electron chi connectivity index (χ2n) is 5.82. The topological polar surface area (TPSA) is 42.0 Å². The summed E-state index contributed by atoms with van der Waals surface area (Å²) in [6.07, 6.45) is 0. The Morgan fingerprint density at radius 1 is 1.15 bits per heavy atom. The number of amides is 1. The van der Waals surface area contributed by atoms with Crippen LogP contribution in [0.4, 0.5) is 0 Å². The zero-order valence-electron chi connectivity index (χ0n) is 12.8. The molecule has 106 valence electrons. The van der Waals surface area contributed by atoms with Gasteiger partial charge in [0.15, 0.2) is 0 Å². The Kier molecular flexibility index (Phi) is 4.07. The van der Waals surface area contributed by atoms with Crippen molar-refractivity contribution in [3.63, 3.8) is 0 Å². The van der Waals surface area contributed by atoms with Crippen molar-refractivity contribution in [3.8, 4) is 0 Å². The van der Waals surface area contributed by atoms with Crippen LogP contribution in [-0.4, -0.2) is 16.9 Å². The van der Waals surface area contributed by atoms with Crippen LogP contribution in [0, 0.1) is 19.8 Å². The number of nitrogens with zero attached hydrogens (tertiary/aromatic N) is 1. The number of carbonyl (C=O) groups is 1. The molecule has 2 aromatic rings. The zero-order valence-corrected chi connectivity index (χ0v) is 12.8. The van der Waals surface area contributed by atoms with E-state index in [1.165, 1.54) is 5.56 Å². The lowest BCUT2D eigenvalue weighted by Gasteiger charge is -2.18. The van der Waals surface area contributed by atoms with Gasteiger partial charge in [0.25, 0.3) is 5.91 Å². The van der Waals surface area contributed by atoms with E-state index in [4.69, 9.17) is 0 Å². The summed E-state index contributed by atoms with van der Waals surface area (Å²) >= 11 is 0. The summed E-state index contributed by atoms with van der Waals surface area (Å²) in [6.45, 7) is 10.1. The molecule has 1 N–H and O–H groups in total. The standard InChI is InChI=1S/C17H22N2O/c1-10(2)12(4)19-17(20)15-9-14-8-11(3)6-7-16(14)18-13(15)5/h6-10,12H,1-5H3,(H,19,20). The van der Waals surface area contributed by atoms with E-state index < -0.39 is 0 Å². The Morgan fingerprint density at radius 3 is 2.50 bits per heavy atom. The van der Waals surface area contributed by atoms with Gasteiger partial charge in [-0.1, -0.05) is 25.5 Å². The molecule has 0 aliphatic carbocycles. The molecule has 1 amide bonds. The normalized spacial score (nSPS) is 12.7. The summed E-state index contributed by atoms with van der Waals surface area (Å²) in [5, 5.41) is 4.05. The van der Waals surface area contributed by atoms with Crippen LogP contribution in [-0.2, 0) is 0 Å². The lowest BCUT2D eigenvalue weighted by Crippen LogP contribution is -2.36. The maximum absolute atomic E-state index is 12.4. The number of benzene rings is 1. The number of hydrogen-bond donors (Lipinski definition) is 1. The van der Waals surface area contributed by atoms with E-state index in [0.717, 1.165) is 16.6 Å². The molecule has 1 atom stereocenters. The summed E-state index contributed by atoms with van der Waals surface area (Å²) in [7, 11) is 0. The fourth-order valence-corrected chi connectivity index (χ4v) is 2.07.